The lowest BCUT2D eigenvalue weighted by molar-refractivity contribution is 0.468. The molecule has 5 heteroatoms. The predicted octanol–water partition coefficient (Wildman–Crippen LogP) is 2.44. The summed E-state index contributed by atoms with van der Waals surface area (Å²) in [7, 11) is 0. The van der Waals surface area contributed by atoms with Crippen molar-refractivity contribution in [2.45, 2.75) is 6.04 Å². The molecule has 0 saturated heterocycles. The largest absolute Gasteiger partial charge is 0.506 e. The van der Waals surface area contributed by atoms with Gasteiger partial charge in [0.25, 0.3) is 0 Å². The Balaban J connectivity index is 3.22. The van der Waals surface area contributed by atoms with Crippen molar-refractivity contribution in [1.29, 1.82) is 5.26 Å². The minimum Gasteiger partial charge on any atom is -0.506 e. The molecule has 0 heterocycles. The van der Waals surface area contributed by atoms with E-state index < -0.39 is 6.04 Å². The SMILES string of the molecule is N#C[C@H](N)c1cc(Br)c(O)c(Br)c1. The summed E-state index contributed by atoms with van der Waals surface area (Å²) in [4.78, 5) is 0. The van der Waals surface area contributed by atoms with E-state index in [1.807, 2.05) is 6.07 Å². The van der Waals surface area contributed by atoms with Crippen molar-refractivity contribution in [3.05, 3.63) is 26.6 Å². The fraction of sp³-hybridized carbons (Fsp3) is 0.125. The normalized spacial score (nSPS) is 12.2. The standard InChI is InChI=1S/C8H6Br2N2O/c9-5-1-4(7(12)3-11)2-6(10)8(5)13/h1-2,7,13H,12H2/t7-/m0/s1. The number of hydrogen-bond donors (Lipinski definition) is 2. The van der Waals surface area contributed by atoms with Crippen LogP contribution in [0.3, 0.4) is 0 Å². The lowest BCUT2D eigenvalue weighted by atomic mass is 10.1. The van der Waals surface area contributed by atoms with Gasteiger partial charge in [0, 0.05) is 0 Å². The van der Waals surface area contributed by atoms with E-state index in [0.717, 1.165) is 0 Å². The van der Waals surface area contributed by atoms with E-state index in [0.29, 0.717) is 14.5 Å². The molecule has 1 atom stereocenters. The highest BCUT2D eigenvalue weighted by atomic mass is 79.9. The molecular weight excluding hydrogens is 300 g/mol. The van der Waals surface area contributed by atoms with Crippen molar-refractivity contribution >= 4 is 31.9 Å². The van der Waals surface area contributed by atoms with E-state index in [9.17, 15) is 5.11 Å². The second kappa shape index (κ2) is 4.09. The molecule has 0 unspecified atom stereocenters. The molecule has 0 amide bonds. The average molecular weight is 306 g/mol. The fourth-order valence-electron chi connectivity index (χ4n) is 0.839. The first-order valence-corrected chi connectivity index (χ1v) is 4.98. The van der Waals surface area contributed by atoms with Crippen LogP contribution in [0.15, 0.2) is 21.1 Å². The first-order valence-electron chi connectivity index (χ1n) is 3.39. The van der Waals surface area contributed by atoms with Gasteiger partial charge in [0.05, 0.1) is 15.0 Å². The van der Waals surface area contributed by atoms with Gasteiger partial charge in [0.15, 0.2) is 0 Å². The molecule has 0 bridgehead atoms. The van der Waals surface area contributed by atoms with Crippen LogP contribution in [-0.4, -0.2) is 5.11 Å². The van der Waals surface area contributed by atoms with E-state index in [1.54, 1.807) is 12.1 Å². The van der Waals surface area contributed by atoms with Gasteiger partial charge in [0.1, 0.15) is 11.8 Å². The van der Waals surface area contributed by atoms with E-state index in [-0.39, 0.29) is 5.75 Å². The number of nitriles is 1. The molecule has 0 aliphatic heterocycles. The number of nitrogens with zero attached hydrogens (tertiary/aromatic N) is 1. The van der Waals surface area contributed by atoms with Crippen LogP contribution in [0, 0.1) is 11.3 Å². The molecule has 0 spiro atoms. The molecule has 13 heavy (non-hydrogen) atoms. The first-order chi connectivity index (χ1) is 6.06. The maximum absolute atomic E-state index is 9.37. The van der Waals surface area contributed by atoms with Crippen molar-refractivity contribution in [3.8, 4) is 11.8 Å². The summed E-state index contributed by atoms with van der Waals surface area (Å²) in [5, 5.41) is 17.9. The van der Waals surface area contributed by atoms with E-state index >= 15 is 0 Å². The van der Waals surface area contributed by atoms with Crippen LogP contribution in [0.25, 0.3) is 0 Å². The number of phenolic OH excluding ortho intramolecular Hbond substituents is 1. The summed E-state index contributed by atoms with van der Waals surface area (Å²) in [6.45, 7) is 0. The molecule has 0 aromatic heterocycles. The average Bonchev–Trinajstić information content (AvgIpc) is 2.12. The summed E-state index contributed by atoms with van der Waals surface area (Å²) in [5.74, 6) is 0.105. The summed E-state index contributed by atoms with van der Waals surface area (Å²) in [5.41, 5.74) is 6.15. The summed E-state index contributed by atoms with van der Waals surface area (Å²) >= 11 is 6.30. The molecule has 0 aliphatic carbocycles. The van der Waals surface area contributed by atoms with Crippen LogP contribution in [0.4, 0.5) is 0 Å². The minimum atomic E-state index is -0.673. The maximum Gasteiger partial charge on any atom is 0.143 e. The Morgan fingerprint density at radius 1 is 1.38 bits per heavy atom. The van der Waals surface area contributed by atoms with Gasteiger partial charge < -0.3 is 10.8 Å². The number of halogens is 2. The van der Waals surface area contributed by atoms with Crippen molar-refractivity contribution in [3.63, 3.8) is 0 Å². The molecular formula is C8H6Br2N2O. The van der Waals surface area contributed by atoms with Crippen LogP contribution in [0.5, 0.6) is 5.75 Å². The van der Waals surface area contributed by atoms with Crippen LogP contribution >= 0.6 is 31.9 Å². The highest BCUT2D eigenvalue weighted by Crippen LogP contribution is 2.34. The number of hydrogen-bond acceptors (Lipinski definition) is 3. The van der Waals surface area contributed by atoms with Gasteiger partial charge in [-0.25, -0.2) is 0 Å². The number of nitrogens with two attached hydrogens (primary N) is 1. The molecule has 3 nitrogen and oxygen atoms in total. The molecule has 0 saturated carbocycles. The molecule has 0 aliphatic rings. The van der Waals surface area contributed by atoms with Crippen molar-refractivity contribution in [1.82, 2.24) is 0 Å². The third-order valence-corrected chi connectivity index (χ3v) is 2.75. The lowest BCUT2D eigenvalue weighted by Gasteiger charge is -2.06. The topological polar surface area (TPSA) is 70.0 Å². The Labute approximate surface area is 92.4 Å². The molecule has 1 aromatic carbocycles. The van der Waals surface area contributed by atoms with Gasteiger partial charge >= 0.3 is 0 Å². The smallest absolute Gasteiger partial charge is 0.143 e. The third-order valence-electron chi connectivity index (χ3n) is 1.54. The van der Waals surface area contributed by atoms with Gasteiger partial charge in [-0.05, 0) is 49.6 Å². The molecule has 3 N–H and O–H groups in total. The molecule has 0 radical (unpaired) electrons. The lowest BCUT2D eigenvalue weighted by Crippen LogP contribution is -2.06. The predicted molar refractivity (Wildman–Crippen MR) is 56.0 cm³/mol. The Morgan fingerprint density at radius 3 is 2.23 bits per heavy atom. The minimum absolute atomic E-state index is 0.105. The quantitative estimate of drug-likeness (QED) is 0.837. The number of benzene rings is 1. The monoisotopic (exact) mass is 304 g/mol. The molecule has 68 valence electrons. The zero-order chi connectivity index (χ0) is 10.0. The van der Waals surface area contributed by atoms with Crippen LogP contribution < -0.4 is 5.73 Å². The van der Waals surface area contributed by atoms with Gasteiger partial charge in [-0.2, -0.15) is 5.26 Å². The third kappa shape index (κ3) is 2.21. The van der Waals surface area contributed by atoms with Gasteiger partial charge in [-0.15, -0.1) is 0 Å². The number of rotatable bonds is 1. The Kier molecular flexibility index (Phi) is 3.31. The van der Waals surface area contributed by atoms with Crippen molar-refractivity contribution in [2.24, 2.45) is 5.73 Å². The first kappa shape index (κ1) is 10.5. The highest BCUT2D eigenvalue weighted by Gasteiger charge is 2.10. The number of aromatic hydroxyl groups is 1. The van der Waals surface area contributed by atoms with Crippen molar-refractivity contribution in [2.75, 3.05) is 0 Å². The zero-order valence-corrected chi connectivity index (χ0v) is 9.63. The second-order valence-electron chi connectivity index (χ2n) is 2.44. The summed E-state index contributed by atoms with van der Waals surface area (Å²) in [6, 6.07) is 4.47. The highest BCUT2D eigenvalue weighted by molar-refractivity contribution is 9.11. The molecule has 1 aromatic rings. The van der Waals surface area contributed by atoms with Gasteiger partial charge in [0.2, 0.25) is 0 Å². The Morgan fingerprint density at radius 2 is 1.85 bits per heavy atom. The van der Waals surface area contributed by atoms with Crippen LogP contribution in [0.2, 0.25) is 0 Å². The van der Waals surface area contributed by atoms with Crippen LogP contribution in [-0.2, 0) is 0 Å². The fourth-order valence-corrected chi connectivity index (χ4v) is 2.06. The Hall–Kier alpha value is -0.570. The maximum atomic E-state index is 9.37. The van der Waals surface area contributed by atoms with Gasteiger partial charge in [-0.3, -0.25) is 0 Å². The second-order valence-corrected chi connectivity index (χ2v) is 4.15. The summed E-state index contributed by atoms with van der Waals surface area (Å²) < 4.78 is 1.03. The van der Waals surface area contributed by atoms with Gasteiger partial charge in [-0.1, -0.05) is 0 Å². The number of phenols is 1. The van der Waals surface area contributed by atoms with E-state index in [2.05, 4.69) is 31.9 Å². The Bertz CT molecular complexity index is 350. The molecule has 0 fully saturated rings. The molecule has 1 rings (SSSR count). The van der Waals surface area contributed by atoms with Crippen LogP contribution in [0.1, 0.15) is 11.6 Å². The summed E-state index contributed by atoms with van der Waals surface area (Å²) in [6.07, 6.45) is 0. The van der Waals surface area contributed by atoms with E-state index in [4.69, 9.17) is 11.0 Å². The zero-order valence-electron chi connectivity index (χ0n) is 6.46. The van der Waals surface area contributed by atoms with Crippen molar-refractivity contribution < 1.29 is 5.11 Å². The van der Waals surface area contributed by atoms with E-state index in [1.165, 1.54) is 0 Å².